The Morgan fingerprint density at radius 1 is 0.690 bits per heavy atom. The molecule has 0 N–H and O–H groups in total. The molecule has 2 aromatic rings. The van der Waals surface area contributed by atoms with Gasteiger partial charge in [0.1, 0.15) is 11.5 Å². The van der Waals surface area contributed by atoms with Crippen molar-refractivity contribution in [3.05, 3.63) is 59.7 Å². The summed E-state index contributed by atoms with van der Waals surface area (Å²) in [6.07, 6.45) is -2.62. The van der Waals surface area contributed by atoms with E-state index in [1.807, 2.05) is 0 Å². The lowest BCUT2D eigenvalue weighted by atomic mass is 9.97. The average molecular weight is 402 g/mol. The second kappa shape index (κ2) is 8.50. The lowest BCUT2D eigenvalue weighted by Crippen LogP contribution is -2.38. The summed E-state index contributed by atoms with van der Waals surface area (Å²) < 4.78 is 32.2. The molecule has 0 aliphatic carbocycles. The van der Waals surface area contributed by atoms with Crippen LogP contribution in [-0.4, -0.2) is 52.6 Å². The van der Waals surface area contributed by atoms with Gasteiger partial charge in [-0.15, -0.1) is 0 Å². The van der Waals surface area contributed by atoms with Crippen LogP contribution in [0.2, 0.25) is 0 Å². The van der Waals surface area contributed by atoms with Crippen LogP contribution in [0, 0.1) is 0 Å². The zero-order chi connectivity index (χ0) is 21.0. The van der Waals surface area contributed by atoms with Gasteiger partial charge in [-0.3, -0.25) is 0 Å². The van der Waals surface area contributed by atoms with E-state index in [0.717, 1.165) is 0 Å². The fourth-order valence-corrected chi connectivity index (χ4v) is 3.14. The van der Waals surface area contributed by atoms with E-state index in [2.05, 4.69) is 0 Å². The monoisotopic (exact) mass is 402 g/mol. The van der Waals surface area contributed by atoms with Crippen LogP contribution in [0.25, 0.3) is 0 Å². The molecule has 2 atom stereocenters. The highest BCUT2D eigenvalue weighted by Gasteiger charge is 2.56. The van der Waals surface area contributed by atoms with E-state index in [-0.39, 0.29) is 0 Å². The molecule has 2 aromatic carbocycles. The highest BCUT2D eigenvalue weighted by molar-refractivity contribution is 5.86. The molecule has 0 aromatic heterocycles. The Morgan fingerprint density at radius 3 is 1.31 bits per heavy atom. The molecule has 8 heteroatoms. The quantitative estimate of drug-likeness (QED) is 0.678. The Morgan fingerprint density at radius 2 is 1.03 bits per heavy atom. The summed E-state index contributed by atoms with van der Waals surface area (Å²) in [5, 5.41) is 0. The van der Waals surface area contributed by atoms with Gasteiger partial charge in [0.15, 0.2) is 12.2 Å². The minimum atomic E-state index is -1.55. The molecule has 0 spiro atoms. The number of carbonyl (C=O) groups is 2. The largest absolute Gasteiger partial charge is 0.497 e. The van der Waals surface area contributed by atoms with Crippen LogP contribution in [0.3, 0.4) is 0 Å². The minimum Gasteiger partial charge on any atom is -0.497 e. The molecule has 1 saturated heterocycles. The third-order valence-electron chi connectivity index (χ3n) is 4.67. The Hall–Kier alpha value is -3.10. The van der Waals surface area contributed by atoms with Gasteiger partial charge in [0.25, 0.3) is 0 Å². The summed E-state index contributed by atoms with van der Waals surface area (Å²) in [6.45, 7) is 0. The number of ether oxygens (including phenoxy) is 6. The van der Waals surface area contributed by atoms with Crippen molar-refractivity contribution in [2.75, 3.05) is 28.4 Å². The number of hydrogen-bond acceptors (Lipinski definition) is 8. The lowest BCUT2D eigenvalue weighted by molar-refractivity contribution is -0.173. The first-order valence-electron chi connectivity index (χ1n) is 8.79. The van der Waals surface area contributed by atoms with Gasteiger partial charge in [0.2, 0.25) is 5.79 Å². The predicted molar refractivity (Wildman–Crippen MR) is 101 cm³/mol. The van der Waals surface area contributed by atoms with Crippen molar-refractivity contribution in [3.8, 4) is 11.5 Å². The van der Waals surface area contributed by atoms with Gasteiger partial charge < -0.3 is 28.4 Å². The first-order valence-corrected chi connectivity index (χ1v) is 8.79. The summed E-state index contributed by atoms with van der Waals surface area (Å²) in [6, 6.07) is 13.8. The van der Waals surface area contributed by atoms with Gasteiger partial charge >= 0.3 is 11.9 Å². The third kappa shape index (κ3) is 3.76. The number of hydrogen-bond donors (Lipinski definition) is 0. The number of carbonyl (C=O) groups excluding carboxylic acids is 2. The van der Waals surface area contributed by atoms with Gasteiger partial charge in [0, 0.05) is 11.1 Å². The van der Waals surface area contributed by atoms with E-state index in [1.54, 1.807) is 62.8 Å². The highest BCUT2D eigenvalue weighted by atomic mass is 16.8. The standard InChI is InChI=1S/C21H22O8/c1-24-15-9-5-13(6-10-15)21(14-7-11-16(25-2)12-8-14)28-17(19(22)26-3)18(29-21)20(23)27-4/h5-12,17-18H,1-4H3/t17-,18-/m1/s1. The van der Waals surface area contributed by atoms with Crippen LogP contribution in [0.5, 0.6) is 11.5 Å². The molecule has 0 saturated carbocycles. The minimum absolute atomic E-state index is 0.559. The molecule has 1 aliphatic heterocycles. The Bertz CT molecular complexity index is 786. The van der Waals surface area contributed by atoms with E-state index in [9.17, 15) is 9.59 Å². The summed E-state index contributed by atoms with van der Waals surface area (Å²) in [4.78, 5) is 24.6. The lowest BCUT2D eigenvalue weighted by Gasteiger charge is -2.29. The van der Waals surface area contributed by atoms with Crippen molar-refractivity contribution < 1.29 is 38.0 Å². The van der Waals surface area contributed by atoms with Gasteiger partial charge in [-0.1, -0.05) is 0 Å². The van der Waals surface area contributed by atoms with Gasteiger partial charge in [0.05, 0.1) is 28.4 Å². The first-order chi connectivity index (χ1) is 14.0. The fourth-order valence-electron chi connectivity index (χ4n) is 3.14. The molecule has 1 fully saturated rings. The van der Waals surface area contributed by atoms with Crippen molar-refractivity contribution >= 4 is 11.9 Å². The van der Waals surface area contributed by atoms with E-state index in [4.69, 9.17) is 28.4 Å². The van der Waals surface area contributed by atoms with Gasteiger partial charge in [-0.05, 0) is 48.5 Å². The fraction of sp³-hybridized carbons (Fsp3) is 0.333. The number of esters is 2. The third-order valence-corrected chi connectivity index (χ3v) is 4.67. The molecule has 0 radical (unpaired) electrons. The van der Waals surface area contributed by atoms with Crippen molar-refractivity contribution in [2.45, 2.75) is 18.0 Å². The molecule has 29 heavy (non-hydrogen) atoms. The molecule has 1 heterocycles. The summed E-state index contributed by atoms with van der Waals surface area (Å²) in [7, 11) is 5.52. The van der Waals surface area contributed by atoms with Crippen LogP contribution in [0.1, 0.15) is 11.1 Å². The van der Waals surface area contributed by atoms with Gasteiger partial charge in [-0.2, -0.15) is 0 Å². The Labute approximate surface area is 168 Å². The maximum absolute atomic E-state index is 12.3. The normalized spacial score (nSPS) is 20.0. The van der Waals surface area contributed by atoms with Crippen LogP contribution in [-0.2, 0) is 34.3 Å². The van der Waals surface area contributed by atoms with Crippen molar-refractivity contribution in [2.24, 2.45) is 0 Å². The molecule has 0 bridgehead atoms. The number of methoxy groups -OCH3 is 4. The highest BCUT2D eigenvalue weighted by Crippen LogP contribution is 2.44. The van der Waals surface area contributed by atoms with E-state index >= 15 is 0 Å². The second-order valence-corrected chi connectivity index (χ2v) is 6.20. The zero-order valence-electron chi connectivity index (χ0n) is 16.5. The van der Waals surface area contributed by atoms with Crippen LogP contribution in [0.15, 0.2) is 48.5 Å². The summed E-state index contributed by atoms with van der Waals surface area (Å²) in [5.41, 5.74) is 1.12. The Balaban J connectivity index is 2.13. The van der Waals surface area contributed by atoms with Gasteiger partial charge in [-0.25, -0.2) is 9.59 Å². The molecular weight excluding hydrogens is 380 g/mol. The zero-order valence-corrected chi connectivity index (χ0v) is 16.5. The number of rotatable bonds is 6. The molecule has 3 rings (SSSR count). The van der Waals surface area contributed by atoms with Crippen molar-refractivity contribution in [3.63, 3.8) is 0 Å². The second-order valence-electron chi connectivity index (χ2n) is 6.20. The molecular formula is C21H22O8. The molecule has 154 valence electrons. The van der Waals surface area contributed by atoms with Crippen LogP contribution in [0.4, 0.5) is 0 Å². The van der Waals surface area contributed by atoms with Crippen LogP contribution >= 0.6 is 0 Å². The van der Waals surface area contributed by atoms with Crippen molar-refractivity contribution in [1.82, 2.24) is 0 Å². The first kappa shape index (κ1) is 20.6. The summed E-state index contributed by atoms with van der Waals surface area (Å²) >= 11 is 0. The SMILES string of the molecule is COC(=O)[C@@H]1OC(c2ccc(OC)cc2)(c2ccc(OC)cc2)O[C@H]1C(=O)OC. The molecule has 0 amide bonds. The summed E-state index contributed by atoms with van der Waals surface area (Å²) in [5.74, 6) is -1.78. The molecule has 8 nitrogen and oxygen atoms in total. The topological polar surface area (TPSA) is 89.5 Å². The Kier molecular flexibility index (Phi) is 6.05. The molecule has 0 unspecified atom stereocenters. The maximum Gasteiger partial charge on any atom is 0.338 e. The predicted octanol–water partition coefficient (Wildman–Crippen LogP) is 2.03. The van der Waals surface area contributed by atoms with Crippen LogP contribution < -0.4 is 9.47 Å². The van der Waals surface area contributed by atoms with E-state index in [1.165, 1.54) is 14.2 Å². The van der Waals surface area contributed by atoms with Crippen molar-refractivity contribution in [1.29, 1.82) is 0 Å². The van der Waals surface area contributed by atoms with E-state index in [0.29, 0.717) is 22.6 Å². The number of benzene rings is 2. The average Bonchev–Trinajstić information content (AvgIpc) is 3.20. The molecule has 1 aliphatic rings. The van der Waals surface area contributed by atoms with E-state index < -0.39 is 29.9 Å². The smallest absolute Gasteiger partial charge is 0.338 e. The maximum atomic E-state index is 12.3.